The van der Waals surface area contributed by atoms with E-state index < -0.39 is 41.2 Å². The van der Waals surface area contributed by atoms with Gasteiger partial charge >= 0.3 is 18.0 Å². The van der Waals surface area contributed by atoms with Crippen molar-refractivity contribution in [3.05, 3.63) is 24.0 Å². The maximum atomic E-state index is 13.0. The normalized spacial score (nSPS) is 13.5. The van der Waals surface area contributed by atoms with Crippen molar-refractivity contribution in [2.45, 2.75) is 78.6 Å². The topological polar surface area (TPSA) is 113 Å². The lowest BCUT2D eigenvalue weighted by atomic mass is 9.93. The van der Waals surface area contributed by atoms with Crippen molar-refractivity contribution < 1.29 is 33.3 Å². The number of amides is 1. The zero-order valence-electron chi connectivity index (χ0n) is 20.3. The average Bonchev–Trinajstić information content (AvgIpc) is 2.65. The first kappa shape index (κ1) is 27.2. The Labute approximate surface area is 190 Å². The molecule has 0 aliphatic carbocycles. The summed E-state index contributed by atoms with van der Waals surface area (Å²) in [4.78, 5) is 42.3. The minimum Gasteiger partial charge on any atom is -0.492 e. The highest BCUT2D eigenvalue weighted by atomic mass is 16.6. The largest absolute Gasteiger partial charge is 0.492 e. The van der Waals surface area contributed by atoms with Crippen LogP contribution in [0.1, 0.15) is 72.9 Å². The minimum absolute atomic E-state index is 0.367. The van der Waals surface area contributed by atoms with E-state index in [0.717, 1.165) is 20.0 Å². The summed E-state index contributed by atoms with van der Waals surface area (Å²) in [5.41, 5.74) is -1.28. The molecule has 0 radical (unpaired) electrons. The molecule has 0 spiro atoms. The number of methoxy groups -OCH3 is 1. The lowest BCUT2D eigenvalue weighted by molar-refractivity contribution is -0.169. The highest BCUT2D eigenvalue weighted by Crippen LogP contribution is 2.29. The van der Waals surface area contributed by atoms with Crippen LogP contribution in [0.2, 0.25) is 0 Å². The molecule has 1 aromatic heterocycles. The number of carbonyl (C=O) groups is 3. The van der Waals surface area contributed by atoms with E-state index in [1.165, 1.54) is 12.4 Å². The molecule has 1 N–H and O–H groups in total. The lowest BCUT2D eigenvalue weighted by Gasteiger charge is -2.29. The van der Waals surface area contributed by atoms with Gasteiger partial charge in [-0.15, -0.1) is 0 Å². The fraction of sp³-hybridized carbons (Fsp3) is 0.652. The maximum Gasteiger partial charge on any atom is 0.408 e. The van der Waals surface area contributed by atoms with Gasteiger partial charge in [-0.3, -0.25) is 14.6 Å². The second-order valence-corrected chi connectivity index (χ2v) is 9.31. The molecule has 32 heavy (non-hydrogen) atoms. The fourth-order valence-corrected chi connectivity index (χ4v) is 2.67. The third-order valence-electron chi connectivity index (χ3n) is 3.98. The molecule has 9 nitrogen and oxygen atoms in total. The van der Waals surface area contributed by atoms with Gasteiger partial charge in [-0.25, -0.2) is 4.79 Å². The third kappa shape index (κ3) is 9.53. The van der Waals surface area contributed by atoms with E-state index in [4.69, 9.17) is 18.9 Å². The number of unbranched alkanes of at least 4 members (excludes halogenated alkanes) is 1. The first-order valence-electron chi connectivity index (χ1n) is 10.7. The Balaban J connectivity index is 3.39. The summed E-state index contributed by atoms with van der Waals surface area (Å²) in [6.07, 6.45) is 3.96. The Hall–Kier alpha value is -2.84. The highest BCUT2D eigenvalue weighted by Gasteiger charge is 2.41. The van der Waals surface area contributed by atoms with Crippen molar-refractivity contribution in [3.63, 3.8) is 0 Å². The number of esters is 2. The average molecular weight is 453 g/mol. The maximum absolute atomic E-state index is 13.0. The molecule has 1 rings (SSSR count). The number of ether oxygens (including phenoxy) is 4. The number of nitrogens with zero attached hydrogens (tertiary/aromatic N) is 1. The molecule has 1 heterocycles. The van der Waals surface area contributed by atoms with Crippen LogP contribution in [0, 0.1) is 5.92 Å². The second-order valence-electron chi connectivity index (χ2n) is 9.31. The molecule has 1 aromatic rings. The number of alkyl carbamates (subject to hydrolysis) is 1. The zero-order chi connectivity index (χ0) is 24.5. The molecule has 9 heteroatoms. The predicted molar refractivity (Wildman–Crippen MR) is 118 cm³/mol. The van der Waals surface area contributed by atoms with Crippen molar-refractivity contribution >= 4 is 18.0 Å². The standard InChI is InChI=1S/C23H36N2O7/c1-9-10-11-30-16-12-15(13-24-14-16)18(25-21(28)32-23(5,6)7)17(19(26)29-8)20(27)31-22(2,3)4/h12-14,17-18H,9-11H2,1-8H3,(H,25,28)/t17?,18-/m1/s1. The summed E-state index contributed by atoms with van der Waals surface area (Å²) in [5, 5.41) is 2.61. The summed E-state index contributed by atoms with van der Waals surface area (Å²) in [6, 6.07) is 0.458. The van der Waals surface area contributed by atoms with E-state index in [0.29, 0.717) is 17.9 Å². The first-order valence-corrected chi connectivity index (χ1v) is 10.7. The Morgan fingerprint density at radius 1 is 1.00 bits per heavy atom. The molecule has 0 fully saturated rings. The molecule has 1 unspecified atom stereocenters. The Kier molecular flexibility index (Phi) is 9.93. The van der Waals surface area contributed by atoms with Crippen molar-refractivity contribution in [3.8, 4) is 5.75 Å². The van der Waals surface area contributed by atoms with Crippen LogP contribution in [0.4, 0.5) is 4.79 Å². The van der Waals surface area contributed by atoms with Crippen molar-refractivity contribution in [2.75, 3.05) is 13.7 Å². The molecule has 0 saturated carbocycles. The second kappa shape index (κ2) is 11.7. The van der Waals surface area contributed by atoms with Gasteiger partial charge in [0.1, 0.15) is 17.0 Å². The number of hydrogen-bond donors (Lipinski definition) is 1. The van der Waals surface area contributed by atoms with Crippen LogP contribution < -0.4 is 10.1 Å². The fourth-order valence-electron chi connectivity index (χ4n) is 2.67. The molecule has 2 atom stereocenters. The highest BCUT2D eigenvalue weighted by molar-refractivity contribution is 5.96. The van der Waals surface area contributed by atoms with Gasteiger partial charge in [-0.1, -0.05) is 13.3 Å². The predicted octanol–water partition coefficient (Wildman–Crippen LogP) is 3.96. The van der Waals surface area contributed by atoms with Gasteiger partial charge in [0.15, 0.2) is 5.92 Å². The number of aromatic nitrogens is 1. The quantitative estimate of drug-likeness (QED) is 0.259. The summed E-state index contributed by atoms with van der Waals surface area (Å²) < 4.78 is 21.3. The van der Waals surface area contributed by atoms with Gasteiger partial charge in [0.05, 0.1) is 26.0 Å². The summed E-state index contributed by atoms with van der Waals surface area (Å²) in [6.45, 7) is 12.7. The number of carbonyl (C=O) groups excluding carboxylic acids is 3. The SMILES string of the molecule is CCCCOc1cncc([C@@H](NC(=O)OC(C)(C)C)C(C(=O)OC)C(=O)OC(C)(C)C)c1. The zero-order valence-corrected chi connectivity index (χ0v) is 20.3. The third-order valence-corrected chi connectivity index (χ3v) is 3.98. The van der Waals surface area contributed by atoms with Gasteiger partial charge < -0.3 is 24.3 Å². The molecule has 0 bridgehead atoms. The van der Waals surface area contributed by atoms with E-state index in [9.17, 15) is 14.4 Å². The molecule has 0 saturated heterocycles. The van der Waals surface area contributed by atoms with Gasteiger partial charge in [0.2, 0.25) is 0 Å². The van der Waals surface area contributed by atoms with Crippen LogP contribution >= 0.6 is 0 Å². The van der Waals surface area contributed by atoms with Gasteiger partial charge in [-0.05, 0) is 59.6 Å². The molecule has 0 aromatic carbocycles. The molecule has 0 aliphatic heterocycles. The van der Waals surface area contributed by atoms with Gasteiger partial charge in [0, 0.05) is 6.20 Å². The molecule has 0 aliphatic rings. The number of pyridine rings is 1. The molecule has 1 amide bonds. The van der Waals surface area contributed by atoms with Crippen LogP contribution in [0.3, 0.4) is 0 Å². The van der Waals surface area contributed by atoms with Crippen LogP contribution in [0.5, 0.6) is 5.75 Å². The lowest BCUT2D eigenvalue weighted by Crippen LogP contribution is -2.45. The Bertz CT molecular complexity index is 781. The van der Waals surface area contributed by atoms with Crippen molar-refractivity contribution in [1.82, 2.24) is 10.3 Å². The monoisotopic (exact) mass is 452 g/mol. The first-order chi connectivity index (χ1) is 14.8. The van der Waals surface area contributed by atoms with Crippen LogP contribution in [-0.2, 0) is 23.8 Å². The summed E-state index contributed by atoms with van der Waals surface area (Å²) in [7, 11) is 1.16. The van der Waals surface area contributed by atoms with Crippen LogP contribution in [0.15, 0.2) is 18.5 Å². The van der Waals surface area contributed by atoms with Crippen molar-refractivity contribution in [2.24, 2.45) is 5.92 Å². The van der Waals surface area contributed by atoms with Crippen LogP contribution in [-0.4, -0.2) is 47.9 Å². The van der Waals surface area contributed by atoms with Crippen LogP contribution in [0.25, 0.3) is 0 Å². The minimum atomic E-state index is -1.49. The number of hydrogen-bond acceptors (Lipinski definition) is 8. The molecule has 180 valence electrons. The van der Waals surface area contributed by atoms with E-state index >= 15 is 0 Å². The van der Waals surface area contributed by atoms with E-state index in [1.54, 1.807) is 47.6 Å². The molecular formula is C23H36N2O7. The van der Waals surface area contributed by atoms with E-state index in [2.05, 4.69) is 10.3 Å². The van der Waals surface area contributed by atoms with E-state index in [1.807, 2.05) is 6.92 Å². The summed E-state index contributed by atoms with van der Waals surface area (Å²) >= 11 is 0. The Morgan fingerprint density at radius 3 is 2.16 bits per heavy atom. The Morgan fingerprint density at radius 2 is 1.62 bits per heavy atom. The van der Waals surface area contributed by atoms with Gasteiger partial charge in [0.25, 0.3) is 0 Å². The number of nitrogens with one attached hydrogen (secondary N) is 1. The smallest absolute Gasteiger partial charge is 0.408 e. The number of rotatable bonds is 9. The molecular weight excluding hydrogens is 416 g/mol. The van der Waals surface area contributed by atoms with E-state index in [-0.39, 0.29) is 0 Å². The van der Waals surface area contributed by atoms with Gasteiger partial charge in [-0.2, -0.15) is 0 Å². The van der Waals surface area contributed by atoms with Crippen molar-refractivity contribution in [1.29, 1.82) is 0 Å². The summed E-state index contributed by atoms with van der Waals surface area (Å²) in [5.74, 6) is -2.75.